The zero-order chi connectivity index (χ0) is 10.7. The highest BCUT2D eigenvalue weighted by Crippen LogP contribution is 2.37. The Kier molecular flexibility index (Phi) is 2.86. The van der Waals surface area contributed by atoms with Crippen LogP contribution in [-0.4, -0.2) is 17.1 Å². The van der Waals surface area contributed by atoms with Crippen molar-refractivity contribution in [2.75, 3.05) is 7.11 Å². The van der Waals surface area contributed by atoms with Crippen molar-refractivity contribution in [2.45, 2.75) is 37.7 Å². The highest BCUT2D eigenvalue weighted by atomic mass is 16.5. The Balaban J connectivity index is 2.36. The van der Waals surface area contributed by atoms with Gasteiger partial charge >= 0.3 is 0 Å². The summed E-state index contributed by atoms with van der Waals surface area (Å²) >= 11 is 0. The zero-order valence-corrected chi connectivity index (χ0v) is 8.95. The van der Waals surface area contributed by atoms with Crippen LogP contribution < -0.4 is 5.56 Å². The molecule has 1 aliphatic carbocycles. The molecule has 2 rings (SSSR count). The lowest BCUT2D eigenvalue weighted by Gasteiger charge is -2.34. The lowest BCUT2D eigenvalue weighted by Crippen LogP contribution is -2.34. The first-order valence-electron chi connectivity index (χ1n) is 5.38. The molecule has 1 N–H and O–H groups in total. The minimum atomic E-state index is -0.362. The van der Waals surface area contributed by atoms with Gasteiger partial charge in [-0.3, -0.25) is 4.79 Å². The second kappa shape index (κ2) is 4.14. The van der Waals surface area contributed by atoms with Crippen molar-refractivity contribution in [2.24, 2.45) is 0 Å². The number of hydrogen-bond donors (Lipinski definition) is 1. The van der Waals surface area contributed by atoms with Crippen LogP contribution >= 0.6 is 0 Å². The first kappa shape index (κ1) is 10.4. The van der Waals surface area contributed by atoms with Crippen LogP contribution in [-0.2, 0) is 10.3 Å². The van der Waals surface area contributed by atoms with Crippen molar-refractivity contribution in [3.05, 3.63) is 28.4 Å². The molecule has 0 unspecified atom stereocenters. The third kappa shape index (κ3) is 1.95. The molecule has 1 heterocycles. The molecule has 15 heavy (non-hydrogen) atoms. The second-order valence-electron chi connectivity index (χ2n) is 4.04. The van der Waals surface area contributed by atoms with Crippen LogP contribution in [0.25, 0.3) is 0 Å². The summed E-state index contributed by atoms with van der Waals surface area (Å²) in [6.07, 6.45) is 6.93. The highest BCUT2D eigenvalue weighted by molar-refractivity contribution is 5.04. The zero-order valence-electron chi connectivity index (χ0n) is 8.95. The number of hydrogen-bond acceptors (Lipinski definition) is 3. The lowest BCUT2D eigenvalue weighted by atomic mass is 9.84. The molecule has 0 radical (unpaired) electrons. The summed E-state index contributed by atoms with van der Waals surface area (Å²) in [6, 6.07) is 1.43. The number of nitrogens with one attached hydrogen (secondary N) is 1. The Morgan fingerprint density at radius 3 is 2.73 bits per heavy atom. The molecule has 1 aliphatic rings. The number of aromatic nitrogens is 2. The molecule has 0 aliphatic heterocycles. The van der Waals surface area contributed by atoms with Crippen molar-refractivity contribution in [3.8, 4) is 0 Å². The number of aromatic amines is 1. The average Bonchev–Trinajstić information content (AvgIpc) is 2.30. The summed E-state index contributed by atoms with van der Waals surface area (Å²) in [5.74, 6) is 0.678. The van der Waals surface area contributed by atoms with Crippen LogP contribution in [0.2, 0.25) is 0 Å². The maximum Gasteiger partial charge on any atom is 0.250 e. The van der Waals surface area contributed by atoms with Crippen molar-refractivity contribution < 1.29 is 4.74 Å². The summed E-state index contributed by atoms with van der Waals surface area (Å²) in [7, 11) is 1.69. The van der Waals surface area contributed by atoms with Gasteiger partial charge < -0.3 is 9.72 Å². The molecule has 1 aromatic rings. The fraction of sp³-hybridized carbons (Fsp3) is 0.636. The van der Waals surface area contributed by atoms with Crippen LogP contribution in [0.1, 0.15) is 37.9 Å². The largest absolute Gasteiger partial charge is 0.370 e. The number of ether oxygens (including phenoxy) is 1. The van der Waals surface area contributed by atoms with E-state index in [1.54, 1.807) is 13.3 Å². The number of rotatable bonds is 2. The van der Waals surface area contributed by atoms with Crippen LogP contribution in [0.5, 0.6) is 0 Å². The first-order chi connectivity index (χ1) is 7.27. The van der Waals surface area contributed by atoms with Gasteiger partial charge in [-0.2, -0.15) is 0 Å². The molecule has 0 aromatic carbocycles. The van der Waals surface area contributed by atoms with Gasteiger partial charge in [0.1, 0.15) is 11.4 Å². The van der Waals surface area contributed by atoms with Gasteiger partial charge in [0, 0.05) is 19.4 Å². The monoisotopic (exact) mass is 208 g/mol. The van der Waals surface area contributed by atoms with Crippen molar-refractivity contribution in [1.29, 1.82) is 0 Å². The van der Waals surface area contributed by atoms with E-state index in [1.807, 2.05) is 0 Å². The van der Waals surface area contributed by atoms with E-state index in [1.165, 1.54) is 12.5 Å². The van der Waals surface area contributed by atoms with Crippen molar-refractivity contribution in [3.63, 3.8) is 0 Å². The van der Waals surface area contributed by atoms with Crippen LogP contribution in [0, 0.1) is 0 Å². The molecule has 82 valence electrons. The maximum absolute atomic E-state index is 11.2. The fourth-order valence-electron chi connectivity index (χ4n) is 2.26. The molecule has 0 spiro atoms. The molecular formula is C11H16N2O2. The Labute approximate surface area is 88.7 Å². The van der Waals surface area contributed by atoms with Gasteiger partial charge in [0.25, 0.3) is 5.56 Å². The first-order valence-corrected chi connectivity index (χ1v) is 5.38. The fourth-order valence-corrected chi connectivity index (χ4v) is 2.26. The summed E-state index contributed by atoms with van der Waals surface area (Å²) in [5, 5.41) is 0. The van der Waals surface area contributed by atoms with Crippen LogP contribution in [0.15, 0.2) is 17.1 Å². The molecule has 1 saturated carbocycles. The molecule has 4 heteroatoms. The number of methoxy groups -OCH3 is 1. The van der Waals surface area contributed by atoms with Crippen molar-refractivity contribution >= 4 is 0 Å². The summed E-state index contributed by atoms with van der Waals surface area (Å²) in [4.78, 5) is 18.2. The van der Waals surface area contributed by atoms with Gasteiger partial charge in [0.2, 0.25) is 0 Å². The molecule has 4 nitrogen and oxygen atoms in total. The van der Waals surface area contributed by atoms with Crippen LogP contribution in [0.3, 0.4) is 0 Å². The Morgan fingerprint density at radius 1 is 1.40 bits per heavy atom. The normalized spacial score (nSPS) is 20.1. The maximum atomic E-state index is 11.2. The molecule has 0 atom stereocenters. The molecular weight excluding hydrogens is 192 g/mol. The molecule has 1 aromatic heterocycles. The Morgan fingerprint density at radius 2 is 2.13 bits per heavy atom. The summed E-state index contributed by atoms with van der Waals surface area (Å²) in [6.45, 7) is 0. The van der Waals surface area contributed by atoms with Gasteiger partial charge in [0.15, 0.2) is 0 Å². The molecule has 0 saturated heterocycles. The van der Waals surface area contributed by atoms with Gasteiger partial charge in [-0.05, 0) is 12.8 Å². The Hall–Kier alpha value is -1.16. The third-order valence-electron chi connectivity index (χ3n) is 3.15. The minimum absolute atomic E-state index is 0.109. The van der Waals surface area contributed by atoms with E-state index in [2.05, 4.69) is 9.97 Å². The van der Waals surface area contributed by atoms with E-state index in [0.29, 0.717) is 5.82 Å². The molecule has 0 bridgehead atoms. The van der Waals surface area contributed by atoms with E-state index in [0.717, 1.165) is 25.7 Å². The van der Waals surface area contributed by atoms with E-state index >= 15 is 0 Å². The summed E-state index contributed by atoms with van der Waals surface area (Å²) < 4.78 is 5.59. The van der Waals surface area contributed by atoms with E-state index in [-0.39, 0.29) is 11.2 Å². The number of nitrogens with zero attached hydrogens (tertiary/aromatic N) is 1. The van der Waals surface area contributed by atoms with Gasteiger partial charge in [-0.1, -0.05) is 19.3 Å². The molecule has 0 amide bonds. The lowest BCUT2D eigenvalue weighted by molar-refractivity contribution is -0.0516. The predicted octanol–water partition coefficient (Wildman–Crippen LogP) is 1.58. The quantitative estimate of drug-likeness (QED) is 0.802. The summed E-state index contributed by atoms with van der Waals surface area (Å²) in [5.41, 5.74) is -0.472. The second-order valence-corrected chi connectivity index (χ2v) is 4.04. The number of H-pyrrole nitrogens is 1. The van der Waals surface area contributed by atoms with Crippen molar-refractivity contribution in [1.82, 2.24) is 9.97 Å². The highest BCUT2D eigenvalue weighted by Gasteiger charge is 2.35. The predicted molar refractivity (Wildman–Crippen MR) is 56.6 cm³/mol. The van der Waals surface area contributed by atoms with E-state index in [9.17, 15) is 4.79 Å². The topological polar surface area (TPSA) is 55.0 Å². The van der Waals surface area contributed by atoms with E-state index < -0.39 is 0 Å². The third-order valence-corrected chi connectivity index (χ3v) is 3.15. The molecule has 1 fully saturated rings. The average molecular weight is 208 g/mol. The SMILES string of the molecule is COC1(c2nccc(=O)[nH]2)CCCCC1. The Bertz CT molecular complexity index is 380. The smallest absolute Gasteiger partial charge is 0.250 e. The van der Waals surface area contributed by atoms with Gasteiger partial charge in [-0.15, -0.1) is 0 Å². The van der Waals surface area contributed by atoms with Gasteiger partial charge in [-0.25, -0.2) is 4.98 Å². The van der Waals surface area contributed by atoms with Gasteiger partial charge in [0.05, 0.1) is 0 Å². The van der Waals surface area contributed by atoms with E-state index in [4.69, 9.17) is 4.74 Å². The minimum Gasteiger partial charge on any atom is -0.370 e. The standard InChI is InChI=1S/C11H16N2O2/c1-15-11(6-3-2-4-7-11)10-12-8-5-9(14)13-10/h5,8H,2-4,6-7H2,1H3,(H,12,13,14). The van der Waals surface area contributed by atoms with Crippen LogP contribution in [0.4, 0.5) is 0 Å².